The van der Waals surface area contributed by atoms with Crippen molar-refractivity contribution in [3.05, 3.63) is 183 Å². The van der Waals surface area contributed by atoms with E-state index in [-0.39, 0.29) is 38.3 Å². The quantitative estimate of drug-likeness (QED) is 0.0294. The van der Waals surface area contributed by atoms with E-state index in [4.69, 9.17) is 42.6 Å². The van der Waals surface area contributed by atoms with Gasteiger partial charge in [0.05, 0.1) is 90.4 Å². The monoisotopic (exact) mass is 1390 g/mol. The van der Waals surface area contributed by atoms with Crippen molar-refractivity contribution in [1.29, 1.82) is 0 Å². The van der Waals surface area contributed by atoms with E-state index in [2.05, 4.69) is 63.2 Å². The molecule has 0 unspecified atom stereocenters. The molecule has 0 aromatic heterocycles. The molecule has 0 saturated carbocycles. The molecule has 102 heavy (non-hydrogen) atoms. The van der Waals surface area contributed by atoms with E-state index in [0.29, 0.717) is 80.7 Å². The normalized spacial score (nSPS) is 14.4. The average Bonchev–Trinajstić information content (AvgIpc) is 0.824. The zero-order valence-corrected chi connectivity index (χ0v) is 63.0. The van der Waals surface area contributed by atoms with Crippen molar-refractivity contribution in [3.8, 4) is 64.3 Å². The summed E-state index contributed by atoms with van der Waals surface area (Å²) in [5.74, 6) is 24.3. The molecular weight excluding hydrogens is 1270 g/mol. The van der Waals surface area contributed by atoms with Gasteiger partial charge in [-0.3, -0.25) is 0 Å². The summed E-state index contributed by atoms with van der Waals surface area (Å²) in [7, 11) is 0. The fraction of sp³-hybridized carbons (Fsp3) is 0.543. The van der Waals surface area contributed by atoms with E-state index in [1.165, 1.54) is 154 Å². The minimum atomic E-state index is -0.397. The van der Waals surface area contributed by atoms with Crippen LogP contribution in [0.1, 0.15) is 301 Å². The number of aromatic hydroxyl groups is 1. The number of unbranched alkanes of at least 4 members (excludes halogenated alkanes) is 28. The molecule has 2 bridgehead atoms. The van der Waals surface area contributed by atoms with Gasteiger partial charge in [0.2, 0.25) is 0 Å². The molecule has 0 amide bonds. The first-order valence-corrected chi connectivity index (χ1v) is 39.9. The molecule has 10 nitrogen and oxygen atoms in total. The Morgan fingerprint density at radius 1 is 0.333 bits per heavy atom. The van der Waals surface area contributed by atoms with E-state index < -0.39 is 6.10 Å². The SMILES string of the molecule is CCCCCCCCCCOc1ccc(OCCCCCCCCCC)c(C#Cc2ccc(C#Cc3cc(OCCCCCCCCCC)ccc3OCCCCCCCCCC)c(C#Cc3ccc4c(O)c3COC[C@@H](c3ccccc3)OCCOCCO[C@H](c3ccccc3)COC4)c2)c1. The summed E-state index contributed by atoms with van der Waals surface area (Å²) >= 11 is 0. The topological polar surface area (TPSA) is 103 Å². The molecule has 1 aliphatic rings. The van der Waals surface area contributed by atoms with Gasteiger partial charge in [-0.2, -0.15) is 0 Å². The molecular formula is C92H124O10. The van der Waals surface area contributed by atoms with Gasteiger partial charge < -0.3 is 47.7 Å². The van der Waals surface area contributed by atoms with E-state index in [9.17, 15) is 5.11 Å². The van der Waals surface area contributed by atoms with E-state index >= 15 is 0 Å². The second-order valence-electron chi connectivity index (χ2n) is 27.4. The minimum absolute atomic E-state index is 0.0470. The Morgan fingerprint density at radius 3 is 1.18 bits per heavy atom. The number of rotatable bonds is 42. The van der Waals surface area contributed by atoms with Gasteiger partial charge in [0, 0.05) is 33.4 Å². The second-order valence-corrected chi connectivity index (χ2v) is 27.4. The Balaban J connectivity index is 1.25. The average molecular weight is 1390 g/mol. The Hall–Kier alpha value is -7.20. The van der Waals surface area contributed by atoms with E-state index in [1.807, 2.05) is 127 Å². The number of hydrogen-bond donors (Lipinski definition) is 1. The zero-order chi connectivity index (χ0) is 71.4. The Labute approximate surface area is 616 Å². The zero-order valence-electron chi connectivity index (χ0n) is 63.0. The predicted octanol–water partition coefficient (Wildman–Crippen LogP) is 23.2. The minimum Gasteiger partial charge on any atom is -0.507 e. The first-order valence-electron chi connectivity index (χ1n) is 39.9. The molecule has 2 atom stereocenters. The van der Waals surface area contributed by atoms with Crippen LogP contribution in [0.25, 0.3) is 0 Å². The van der Waals surface area contributed by atoms with Crippen molar-refractivity contribution in [2.24, 2.45) is 0 Å². The summed E-state index contributed by atoms with van der Waals surface area (Å²) in [5.41, 5.74) is 7.34. The largest absolute Gasteiger partial charge is 0.507 e. The molecule has 1 aliphatic heterocycles. The third kappa shape index (κ3) is 33.1. The van der Waals surface area contributed by atoms with Gasteiger partial charge in [-0.25, -0.2) is 0 Å². The van der Waals surface area contributed by atoms with Crippen LogP contribution in [0.2, 0.25) is 0 Å². The fourth-order valence-electron chi connectivity index (χ4n) is 12.6. The molecule has 10 heteroatoms. The molecule has 1 N–H and O–H groups in total. The highest BCUT2D eigenvalue weighted by Gasteiger charge is 2.19. The number of ether oxygens (including phenoxy) is 9. The summed E-state index contributed by atoms with van der Waals surface area (Å²) in [4.78, 5) is 0. The van der Waals surface area contributed by atoms with Gasteiger partial charge in [-0.1, -0.05) is 310 Å². The van der Waals surface area contributed by atoms with Gasteiger partial charge in [-0.05, 0) is 97.5 Å². The lowest BCUT2D eigenvalue weighted by atomic mass is 10.0. The maximum atomic E-state index is 12.4. The maximum absolute atomic E-state index is 12.4. The molecule has 0 aliphatic carbocycles. The molecule has 0 spiro atoms. The van der Waals surface area contributed by atoms with Gasteiger partial charge in [0.1, 0.15) is 41.0 Å². The van der Waals surface area contributed by atoms with Gasteiger partial charge in [-0.15, -0.1) is 0 Å². The van der Waals surface area contributed by atoms with Gasteiger partial charge >= 0.3 is 0 Å². The smallest absolute Gasteiger partial charge is 0.135 e. The summed E-state index contributed by atoms with van der Waals surface area (Å²) in [5, 5.41) is 12.4. The molecule has 0 saturated heterocycles. The molecule has 6 aromatic carbocycles. The van der Waals surface area contributed by atoms with Crippen LogP contribution >= 0.6 is 0 Å². The third-order valence-corrected chi connectivity index (χ3v) is 18.8. The first-order chi connectivity index (χ1) is 50.5. The van der Waals surface area contributed by atoms with Gasteiger partial charge in [0.15, 0.2) is 0 Å². The predicted molar refractivity (Wildman–Crippen MR) is 418 cm³/mol. The number of benzene rings is 6. The molecule has 1 heterocycles. The Morgan fingerprint density at radius 2 is 0.716 bits per heavy atom. The Bertz CT molecular complexity index is 3400. The molecule has 552 valence electrons. The molecule has 6 aromatic rings. The van der Waals surface area contributed by atoms with Crippen molar-refractivity contribution in [2.75, 3.05) is 66.1 Å². The van der Waals surface area contributed by atoms with Gasteiger partial charge in [0.25, 0.3) is 0 Å². The van der Waals surface area contributed by atoms with Crippen LogP contribution in [0.15, 0.2) is 127 Å². The molecule has 0 fully saturated rings. The van der Waals surface area contributed by atoms with Crippen LogP contribution in [0.4, 0.5) is 0 Å². The van der Waals surface area contributed by atoms with Crippen LogP contribution in [0, 0.1) is 35.5 Å². The second kappa shape index (κ2) is 52.7. The van der Waals surface area contributed by atoms with Crippen molar-refractivity contribution in [3.63, 3.8) is 0 Å². The van der Waals surface area contributed by atoms with Crippen molar-refractivity contribution >= 4 is 0 Å². The summed E-state index contributed by atoms with van der Waals surface area (Å²) in [6.45, 7) is 13.7. The highest BCUT2D eigenvalue weighted by atomic mass is 16.6. The number of hydrogen-bond acceptors (Lipinski definition) is 10. The van der Waals surface area contributed by atoms with E-state index in [0.717, 1.165) is 102 Å². The van der Waals surface area contributed by atoms with Crippen LogP contribution in [-0.4, -0.2) is 71.2 Å². The highest BCUT2D eigenvalue weighted by molar-refractivity contribution is 5.62. The number of phenols is 1. The van der Waals surface area contributed by atoms with Crippen LogP contribution < -0.4 is 18.9 Å². The first kappa shape index (κ1) is 82.1. The van der Waals surface area contributed by atoms with Crippen molar-refractivity contribution in [2.45, 2.75) is 259 Å². The van der Waals surface area contributed by atoms with Crippen LogP contribution in [0.3, 0.4) is 0 Å². The number of phenolic OH excluding ortho intramolecular Hbond substituents is 1. The van der Waals surface area contributed by atoms with Crippen molar-refractivity contribution in [1.82, 2.24) is 0 Å². The summed E-state index contributed by atoms with van der Waals surface area (Å²) < 4.78 is 57.8. The lowest BCUT2D eigenvalue weighted by Crippen LogP contribution is -2.18. The molecule has 0 radical (unpaired) electrons. The standard InChI is InChI=1S/C92H124O10/c1-5-9-13-17-21-25-29-39-61-97-85-57-59-88(99-63-41-31-27-23-19-15-11-7-3)82(70-85)50-48-76-47-49-77(51-55-83-71-86(98-62-40-30-26-22-18-14-10-6-2)58-60-89(83)100-64-42-32-28-24-20-16-12-8-4)81(69-76)54-52-78-53-56-84-72-95-74-90(79-43-35-33-36-44-79)101-67-65-94-66-68-102-91(80-45-37-34-38-46-80)75-96-73-87(78)92(84)93/h33-38,43-47,49,53,56-60,69-71,90-91,93H,5-32,39-42,61-68,72-75H2,1-4H3/t90-,91-/m0/s1. The third-order valence-electron chi connectivity index (χ3n) is 18.8. The van der Waals surface area contributed by atoms with Crippen molar-refractivity contribution < 1.29 is 47.7 Å². The van der Waals surface area contributed by atoms with E-state index in [1.54, 1.807) is 0 Å². The summed E-state index contributed by atoms with van der Waals surface area (Å²) in [6.07, 6.45) is 38.5. The van der Waals surface area contributed by atoms with Crippen LogP contribution in [0.5, 0.6) is 28.7 Å². The Kier molecular flexibility index (Phi) is 42.4. The number of fused-ring (bicyclic) bond motifs is 2. The lowest BCUT2D eigenvalue weighted by molar-refractivity contribution is -0.0646. The highest BCUT2D eigenvalue weighted by Crippen LogP contribution is 2.32. The molecule has 7 rings (SSSR count). The van der Waals surface area contributed by atoms with Crippen LogP contribution in [-0.2, 0) is 36.9 Å². The fourth-order valence-corrected chi connectivity index (χ4v) is 12.6. The maximum Gasteiger partial charge on any atom is 0.135 e. The lowest BCUT2D eigenvalue weighted by Gasteiger charge is -2.21. The summed E-state index contributed by atoms with van der Waals surface area (Å²) in [6, 6.07) is 42.1.